The summed E-state index contributed by atoms with van der Waals surface area (Å²) in [6.45, 7) is 1.86. The Labute approximate surface area is 215 Å². The third-order valence-electron chi connectivity index (χ3n) is 5.22. The average Bonchev–Trinajstić information content (AvgIpc) is 3.45. The number of nitro benzene ring substituents is 1. The number of benzene rings is 3. The topological polar surface area (TPSA) is 153 Å². The minimum atomic E-state index is -0.780. The number of rotatable bonds is 8. The van der Waals surface area contributed by atoms with E-state index >= 15 is 0 Å². The van der Waals surface area contributed by atoms with Gasteiger partial charge in [-0.15, -0.1) is 0 Å². The summed E-state index contributed by atoms with van der Waals surface area (Å²) < 4.78 is 10.4. The number of furan rings is 1. The normalized spacial score (nSPS) is 10.7. The lowest BCUT2D eigenvalue weighted by atomic mass is 10.1. The zero-order chi connectivity index (χ0) is 27.1. The van der Waals surface area contributed by atoms with E-state index in [0.29, 0.717) is 5.69 Å². The fraction of sp³-hybridized carbons (Fsp3) is 0.0370. The van der Waals surface area contributed by atoms with Crippen molar-refractivity contribution < 1.29 is 28.5 Å². The third-order valence-corrected chi connectivity index (χ3v) is 5.22. The van der Waals surface area contributed by atoms with Crippen LogP contribution < -0.4 is 15.5 Å². The summed E-state index contributed by atoms with van der Waals surface area (Å²) in [4.78, 5) is 48.0. The van der Waals surface area contributed by atoms with Gasteiger partial charge in [0.1, 0.15) is 0 Å². The zero-order valence-corrected chi connectivity index (χ0v) is 19.9. The van der Waals surface area contributed by atoms with E-state index in [4.69, 9.17) is 9.15 Å². The van der Waals surface area contributed by atoms with Crippen LogP contribution in [0.5, 0.6) is 5.75 Å². The van der Waals surface area contributed by atoms with Gasteiger partial charge in [0.2, 0.25) is 5.75 Å². The van der Waals surface area contributed by atoms with Gasteiger partial charge in [0.05, 0.1) is 23.0 Å². The molecule has 0 bridgehead atoms. The summed E-state index contributed by atoms with van der Waals surface area (Å²) >= 11 is 0. The molecule has 0 aliphatic rings. The molecular formula is C27H20N4O7. The minimum Gasteiger partial charge on any atom is -0.459 e. The summed E-state index contributed by atoms with van der Waals surface area (Å²) in [6.07, 6.45) is 2.52. The summed E-state index contributed by atoms with van der Waals surface area (Å²) in [5.41, 5.74) is 3.82. The Morgan fingerprint density at radius 1 is 0.921 bits per heavy atom. The minimum absolute atomic E-state index is 0.107. The van der Waals surface area contributed by atoms with Gasteiger partial charge in [-0.2, -0.15) is 5.10 Å². The largest absolute Gasteiger partial charge is 0.459 e. The van der Waals surface area contributed by atoms with Crippen molar-refractivity contribution >= 4 is 35.4 Å². The molecule has 11 nitrogen and oxygen atoms in total. The molecule has 4 rings (SSSR count). The maximum absolute atomic E-state index is 12.6. The molecule has 1 heterocycles. The standard InChI is InChI=1S/C27H20N4O7/c1-17-7-9-19(10-8-17)27(34)38-24-20(4-2-5-22(24)31(35)36)16-28-30-25(32)18-11-13-21(14-12-18)29-26(33)23-6-3-15-37-23/h2-16H,1H3,(H,29,33)(H,30,32)/b28-16+. The van der Waals surface area contributed by atoms with Crippen molar-refractivity contribution in [3.8, 4) is 5.75 Å². The van der Waals surface area contributed by atoms with Crippen molar-refractivity contribution in [1.82, 2.24) is 5.43 Å². The molecule has 0 aliphatic carbocycles. The Bertz CT molecular complexity index is 1510. The maximum Gasteiger partial charge on any atom is 0.343 e. The second-order valence-electron chi connectivity index (χ2n) is 7.92. The number of amides is 2. The molecule has 0 saturated heterocycles. The molecule has 11 heteroatoms. The van der Waals surface area contributed by atoms with E-state index in [1.54, 1.807) is 30.3 Å². The van der Waals surface area contributed by atoms with Gasteiger partial charge < -0.3 is 14.5 Å². The van der Waals surface area contributed by atoms with Crippen LogP contribution in [0.25, 0.3) is 0 Å². The van der Waals surface area contributed by atoms with E-state index < -0.39 is 28.4 Å². The Kier molecular flexibility index (Phi) is 7.68. The fourth-order valence-electron chi connectivity index (χ4n) is 3.27. The van der Waals surface area contributed by atoms with Crippen LogP contribution in [0, 0.1) is 17.0 Å². The van der Waals surface area contributed by atoms with Gasteiger partial charge >= 0.3 is 11.7 Å². The van der Waals surface area contributed by atoms with Crippen molar-refractivity contribution in [1.29, 1.82) is 0 Å². The molecule has 0 radical (unpaired) electrons. The average molecular weight is 512 g/mol. The highest BCUT2D eigenvalue weighted by molar-refractivity contribution is 6.02. The molecule has 0 fully saturated rings. The molecule has 2 amide bonds. The first kappa shape index (κ1) is 25.5. The molecule has 190 valence electrons. The summed E-state index contributed by atoms with van der Waals surface area (Å²) in [7, 11) is 0. The lowest BCUT2D eigenvalue weighted by Gasteiger charge is -2.08. The van der Waals surface area contributed by atoms with Gasteiger partial charge in [-0.05, 0) is 61.5 Å². The number of hydrogen-bond acceptors (Lipinski definition) is 8. The van der Waals surface area contributed by atoms with Crippen LogP contribution in [0.15, 0.2) is 94.6 Å². The number of para-hydroxylation sites is 1. The maximum atomic E-state index is 12.6. The van der Waals surface area contributed by atoms with Crippen molar-refractivity contribution in [2.45, 2.75) is 6.92 Å². The molecule has 4 aromatic rings. The predicted molar refractivity (Wildman–Crippen MR) is 137 cm³/mol. The SMILES string of the molecule is Cc1ccc(C(=O)Oc2c(/C=N/NC(=O)c3ccc(NC(=O)c4ccco4)cc3)cccc2[N+](=O)[O-])cc1. The highest BCUT2D eigenvalue weighted by atomic mass is 16.6. The third kappa shape index (κ3) is 6.15. The number of hydrogen-bond donors (Lipinski definition) is 2. The number of nitro groups is 1. The molecule has 2 N–H and O–H groups in total. The smallest absolute Gasteiger partial charge is 0.343 e. The highest BCUT2D eigenvalue weighted by Crippen LogP contribution is 2.30. The number of hydrazone groups is 1. The predicted octanol–water partition coefficient (Wildman–Crippen LogP) is 4.73. The number of ether oxygens (including phenoxy) is 1. The van der Waals surface area contributed by atoms with Crippen molar-refractivity contribution in [2.24, 2.45) is 5.10 Å². The van der Waals surface area contributed by atoms with Gasteiger partial charge in [-0.25, -0.2) is 10.2 Å². The highest BCUT2D eigenvalue weighted by Gasteiger charge is 2.22. The van der Waals surface area contributed by atoms with E-state index in [2.05, 4.69) is 15.8 Å². The van der Waals surface area contributed by atoms with Gasteiger partial charge in [-0.1, -0.05) is 23.8 Å². The Balaban J connectivity index is 1.45. The number of carbonyl (C=O) groups is 3. The summed E-state index contributed by atoms with van der Waals surface area (Å²) in [5.74, 6) is -1.96. The lowest BCUT2D eigenvalue weighted by molar-refractivity contribution is -0.385. The molecule has 0 spiro atoms. The monoisotopic (exact) mass is 512 g/mol. The molecule has 3 aromatic carbocycles. The lowest BCUT2D eigenvalue weighted by Crippen LogP contribution is -2.18. The molecule has 0 unspecified atom stereocenters. The van der Waals surface area contributed by atoms with Gasteiger partial charge in [0.25, 0.3) is 11.8 Å². The zero-order valence-electron chi connectivity index (χ0n) is 19.9. The number of nitrogens with one attached hydrogen (secondary N) is 2. The van der Waals surface area contributed by atoms with E-state index in [0.717, 1.165) is 11.8 Å². The number of carbonyl (C=O) groups excluding carboxylic acids is 3. The molecule has 0 atom stereocenters. The van der Waals surface area contributed by atoms with Gasteiger partial charge in [-0.3, -0.25) is 19.7 Å². The van der Waals surface area contributed by atoms with Crippen LogP contribution in [-0.4, -0.2) is 28.9 Å². The summed E-state index contributed by atoms with van der Waals surface area (Å²) in [6, 6.07) is 19.7. The molecule has 0 saturated carbocycles. The van der Waals surface area contributed by atoms with E-state index in [1.165, 1.54) is 54.8 Å². The first-order valence-electron chi connectivity index (χ1n) is 11.2. The Morgan fingerprint density at radius 2 is 1.63 bits per heavy atom. The van der Waals surface area contributed by atoms with E-state index in [1.807, 2.05) is 6.92 Å². The van der Waals surface area contributed by atoms with E-state index in [9.17, 15) is 24.5 Å². The Morgan fingerprint density at radius 3 is 2.29 bits per heavy atom. The quantitative estimate of drug-likeness (QED) is 0.114. The second-order valence-corrected chi connectivity index (χ2v) is 7.92. The van der Waals surface area contributed by atoms with Crippen molar-refractivity contribution in [3.05, 3.63) is 123 Å². The van der Waals surface area contributed by atoms with Gasteiger partial charge in [0, 0.05) is 22.9 Å². The molecule has 0 aliphatic heterocycles. The number of esters is 1. The van der Waals surface area contributed by atoms with Crippen molar-refractivity contribution in [2.75, 3.05) is 5.32 Å². The Hall–Kier alpha value is -5.58. The van der Waals surface area contributed by atoms with Crippen LogP contribution in [0.2, 0.25) is 0 Å². The molecule has 38 heavy (non-hydrogen) atoms. The van der Waals surface area contributed by atoms with Gasteiger partial charge in [0.15, 0.2) is 5.76 Å². The van der Waals surface area contributed by atoms with Crippen LogP contribution in [0.1, 0.15) is 42.4 Å². The first-order chi connectivity index (χ1) is 18.3. The first-order valence-corrected chi connectivity index (χ1v) is 11.2. The summed E-state index contributed by atoms with van der Waals surface area (Å²) in [5, 5.41) is 18.0. The van der Waals surface area contributed by atoms with Crippen LogP contribution in [-0.2, 0) is 0 Å². The molecular weight excluding hydrogens is 492 g/mol. The molecule has 1 aromatic heterocycles. The number of nitrogens with zero attached hydrogens (tertiary/aromatic N) is 2. The van der Waals surface area contributed by atoms with Crippen LogP contribution >= 0.6 is 0 Å². The van der Waals surface area contributed by atoms with Crippen molar-refractivity contribution in [3.63, 3.8) is 0 Å². The van der Waals surface area contributed by atoms with E-state index in [-0.39, 0.29) is 28.2 Å². The number of anilines is 1. The second kappa shape index (κ2) is 11.4. The number of aryl methyl sites for hydroxylation is 1. The van der Waals surface area contributed by atoms with Crippen LogP contribution in [0.3, 0.4) is 0 Å². The van der Waals surface area contributed by atoms with Crippen LogP contribution in [0.4, 0.5) is 11.4 Å². The fourth-order valence-corrected chi connectivity index (χ4v) is 3.27.